The molecule has 2 N–H and O–H groups in total. The molecule has 2 heterocycles. The molecule has 11 heteroatoms. The van der Waals surface area contributed by atoms with Crippen LogP contribution in [0.2, 0.25) is 20.1 Å². The highest BCUT2D eigenvalue weighted by Gasteiger charge is 2.23. The molecule has 2 atom stereocenters. The zero-order valence-electron chi connectivity index (χ0n) is 19.8. The van der Waals surface area contributed by atoms with Gasteiger partial charge in [-0.3, -0.25) is 9.80 Å². The van der Waals surface area contributed by atoms with E-state index in [0.717, 1.165) is 50.4 Å². The van der Waals surface area contributed by atoms with Crippen LogP contribution < -0.4 is 10.6 Å². The van der Waals surface area contributed by atoms with Crippen LogP contribution in [-0.2, 0) is 22.6 Å². The Balaban J connectivity index is 1.15. The van der Waals surface area contributed by atoms with Crippen molar-refractivity contribution in [3.05, 3.63) is 67.6 Å². The molecule has 196 valence electrons. The number of carbonyl (C=O) groups is 1. The number of rotatable bonds is 8. The van der Waals surface area contributed by atoms with Crippen molar-refractivity contribution in [1.82, 2.24) is 20.4 Å². The van der Waals surface area contributed by atoms with Gasteiger partial charge in [-0.2, -0.15) is 0 Å². The summed E-state index contributed by atoms with van der Waals surface area (Å²) >= 11 is 24.3. The van der Waals surface area contributed by atoms with Crippen LogP contribution in [0.15, 0.2) is 36.4 Å². The highest BCUT2D eigenvalue weighted by Crippen LogP contribution is 2.24. The van der Waals surface area contributed by atoms with Crippen LogP contribution in [0.25, 0.3) is 0 Å². The summed E-state index contributed by atoms with van der Waals surface area (Å²) in [5.41, 5.74) is 2.19. The van der Waals surface area contributed by atoms with E-state index in [1.807, 2.05) is 36.4 Å². The summed E-state index contributed by atoms with van der Waals surface area (Å²) in [5, 5.41) is 8.04. The molecule has 2 aliphatic heterocycles. The highest BCUT2D eigenvalue weighted by atomic mass is 35.5. The zero-order chi connectivity index (χ0) is 25.5. The van der Waals surface area contributed by atoms with Crippen LogP contribution in [-0.4, -0.2) is 80.5 Å². The van der Waals surface area contributed by atoms with Crippen LogP contribution in [0.4, 0.5) is 4.79 Å². The van der Waals surface area contributed by atoms with Crippen LogP contribution in [0, 0.1) is 0 Å². The first kappa shape index (κ1) is 27.7. The quantitative estimate of drug-likeness (QED) is 0.477. The molecular weight excluding hydrogens is 546 g/mol. The molecule has 0 spiro atoms. The predicted molar refractivity (Wildman–Crippen MR) is 144 cm³/mol. The summed E-state index contributed by atoms with van der Waals surface area (Å²) in [7, 11) is 0. The van der Waals surface area contributed by atoms with Crippen molar-refractivity contribution in [3.63, 3.8) is 0 Å². The van der Waals surface area contributed by atoms with Gasteiger partial charge in [-0.05, 0) is 35.4 Å². The highest BCUT2D eigenvalue weighted by molar-refractivity contribution is 6.42. The normalized spacial score (nSPS) is 21.3. The van der Waals surface area contributed by atoms with Gasteiger partial charge < -0.3 is 20.1 Å². The van der Waals surface area contributed by atoms with Crippen molar-refractivity contribution in [2.45, 2.75) is 25.3 Å². The lowest BCUT2D eigenvalue weighted by atomic mass is 10.2. The number of halogens is 4. The maximum absolute atomic E-state index is 12.4. The molecule has 4 rings (SSSR count). The van der Waals surface area contributed by atoms with Crippen LogP contribution in [0.3, 0.4) is 0 Å². The second kappa shape index (κ2) is 13.5. The Morgan fingerprint density at radius 1 is 0.750 bits per heavy atom. The first-order chi connectivity index (χ1) is 17.4. The minimum atomic E-state index is -0.231. The lowest BCUT2D eigenvalue weighted by Crippen LogP contribution is -2.51. The Hall–Kier alpha value is -1.29. The molecule has 2 fully saturated rings. The Labute approximate surface area is 231 Å². The molecule has 0 aromatic heterocycles. The number of urea groups is 1. The summed E-state index contributed by atoms with van der Waals surface area (Å²) in [5.74, 6) is 0. The van der Waals surface area contributed by atoms with Crippen molar-refractivity contribution < 1.29 is 14.3 Å². The Bertz CT molecular complexity index is 965. The molecule has 2 aromatic rings. The van der Waals surface area contributed by atoms with Crippen LogP contribution in [0.5, 0.6) is 0 Å². The van der Waals surface area contributed by atoms with Crippen molar-refractivity contribution >= 4 is 52.4 Å². The van der Waals surface area contributed by atoms with Gasteiger partial charge in [0.15, 0.2) is 0 Å². The van der Waals surface area contributed by atoms with Crippen LogP contribution in [0.1, 0.15) is 11.1 Å². The van der Waals surface area contributed by atoms with Crippen molar-refractivity contribution in [1.29, 1.82) is 0 Å². The van der Waals surface area contributed by atoms with E-state index in [1.165, 1.54) is 0 Å². The van der Waals surface area contributed by atoms with E-state index in [0.29, 0.717) is 46.4 Å². The Morgan fingerprint density at radius 3 is 1.61 bits per heavy atom. The Morgan fingerprint density at radius 2 is 1.19 bits per heavy atom. The van der Waals surface area contributed by atoms with Crippen molar-refractivity contribution in [3.8, 4) is 0 Å². The average Bonchev–Trinajstić information content (AvgIpc) is 2.86. The summed E-state index contributed by atoms with van der Waals surface area (Å²) in [4.78, 5) is 17.0. The number of ether oxygens (including phenoxy) is 2. The number of carbonyl (C=O) groups excluding carboxylic acids is 1. The van der Waals surface area contributed by atoms with Gasteiger partial charge in [0.25, 0.3) is 0 Å². The fourth-order valence-electron chi connectivity index (χ4n) is 4.36. The van der Waals surface area contributed by atoms with Crippen molar-refractivity contribution in [2.75, 3.05) is 52.5 Å². The summed E-state index contributed by atoms with van der Waals surface area (Å²) in [6, 6.07) is 11.1. The Kier molecular flexibility index (Phi) is 10.4. The van der Waals surface area contributed by atoms with Crippen molar-refractivity contribution in [2.24, 2.45) is 0 Å². The molecule has 0 aliphatic carbocycles. The van der Waals surface area contributed by atoms with E-state index >= 15 is 0 Å². The molecule has 36 heavy (non-hydrogen) atoms. The van der Waals surface area contributed by atoms with Gasteiger partial charge in [0.05, 0.1) is 45.5 Å². The van der Waals surface area contributed by atoms with E-state index in [1.54, 1.807) is 0 Å². The molecule has 0 radical (unpaired) electrons. The zero-order valence-corrected chi connectivity index (χ0v) is 22.8. The third-order valence-corrected chi connectivity index (χ3v) is 7.68. The number of nitrogens with one attached hydrogen (secondary N) is 2. The van der Waals surface area contributed by atoms with Gasteiger partial charge in [-0.25, -0.2) is 4.79 Å². The first-order valence-corrected chi connectivity index (χ1v) is 13.4. The molecule has 0 bridgehead atoms. The lowest BCUT2D eigenvalue weighted by molar-refractivity contribution is -0.0307. The maximum atomic E-state index is 12.4. The fraction of sp³-hybridized carbons (Fsp3) is 0.480. The van der Waals surface area contributed by atoms with E-state index < -0.39 is 0 Å². The van der Waals surface area contributed by atoms with Gasteiger partial charge >= 0.3 is 6.03 Å². The maximum Gasteiger partial charge on any atom is 0.314 e. The molecule has 7 nitrogen and oxygen atoms in total. The summed E-state index contributed by atoms with van der Waals surface area (Å²) in [6.45, 7) is 6.66. The standard InChI is InChI=1S/C25H30Cl4N4O3/c26-21-3-1-17(9-23(21)28)13-32-5-7-35-19(15-32)11-30-25(34)31-12-20-16-33(6-8-36-20)14-18-2-4-22(27)24(29)10-18/h1-4,9-10,19-20H,5-8,11-16H2,(H2,30,31,34). The molecule has 2 aliphatic rings. The second-order valence-electron chi connectivity index (χ2n) is 9.04. The third kappa shape index (κ3) is 8.36. The molecule has 2 saturated heterocycles. The monoisotopic (exact) mass is 574 g/mol. The van der Waals surface area contributed by atoms with E-state index in [9.17, 15) is 4.79 Å². The van der Waals surface area contributed by atoms with E-state index in [4.69, 9.17) is 55.9 Å². The topological polar surface area (TPSA) is 66.1 Å². The molecule has 0 saturated carbocycles. The van der Waals surface area contributed by atoms with Gasteiger partial charge in [-0.1, -0.05) is 58.5 Å². The summed E-state index contributed by atoms with van der Waals surface area (Å²) in [6.07, 6.45) is -0.167. The van der Waals surface area contributed by atoms with E-state index in [-0.39, 0.29) is 18.2 Å². The fourth-order valence-corrected chi connectivity index (χ4v) is 5.00. The molecule has 2 unspecified atom stereocenters. The number of hydrogen-bond donors (Lipinski definition) is 2. The number of hydrogen-bond acceptors (Lipinski definition) is 5. The van der Waals surface area contributed by atoms with Gasteiger partial charge in [-0.15, -0.1) is 0 Å². The predicted octanol–water partition coefficient (Wildman–Crippen LogP) is 4.70. The largest absolute Gasteiger partial charge is 0.374 e. The second-order valence-corrected chi connectivity index (χ2v) is 10.7. The smallest absolute Gasteiger partial charge is 0.314 e. The first-order valence-electron chi connectivity index (χ1n) is 11.9. The summed E-state index contributed by atoms with van der Waals surface area (Å²) < 4.78 is 11.7. The molecular formula is C25H30Cl4N4O3. The number of morpholine rings is 2. The van der Waals surface area contributed by atoms with Gasteiger partial charge in [0.1, 0.15) is 0 Å². The molecule has 2 amide bonds. The van der Waals surface area contributed by atoms with E-state index in [2.05, 4.69) is 20.4 Å². The van der Waals surface area contributed by atoms with Crippen LogP contribution >= 0.6 is 46.4 Å². The SMILES string of the molecule is O=C(NCC1CN(Cc2ccc(Cl)c(Cl)c2)CCO1)NCC1CN(Cc2ccc(Cl)c(Cl)c2)CCO1. The number of benzene rings is 2. The minimum absolute atomic E-state index is 0.0834. The number of amides is 2. The molecule has 2 aromatic carbocycles. The average molecular weight is 576 g/mol. The number of nitrogens with zero attached hydrogens (tertiary/aromatic N) is 2. The third-order valence-electron chi connectivity index (χ3n) is 6.21. The minimum Gasteiger partial charge on any atom is -0.374 e. The van der Waals surface area contributed by atoms with Gasteiger partial charge in [0.2, 0.25) is 0 Å². The lowest BCUT2D eigenvalue weighted by Gasteiger charge is -2.34. The van der Waals surface area contributed by atoms with Gasteiger partial charge in [0, 0.05) is 52.4 Å².